The maximum absolute atomic E-state index is 13.1. The molecule has 0 bridgehead atoms. The van der Waals surface area contributed by atoms with Crippen LogP contribution in [0.2, 0.25) is 5.02 Å². The largest absolute Gasteiger partial charge is 0.493 e. The van der Waals surface area contributed by atoms with Gasteiger partial charge < -0.3 is 14.8 Å². The topological polar surface area (TPSA) is 84.9 Å². The van der Waals surface area contributed by atoms with Gasteiger partial charge in [0.05, 0.1) is 19.9 Å². The van der Waals surface area contributed by atoms with Crippen molar-refractivity contribution in [1.82, 2.24) is 5.32 Å². The van der Waals surface area contributed by atoms with Crippen LogP contribution in [0.5, 0.6) is 11.5 Å². The molecule has 0 fully saturated rings. The van der Waals surface area contributed by atoms with E-state index in [4.69, 9.17) is 21.1 Å². The van der Waals surface area contributed by atoms with E-state index in [1.807, 2.05) is 12.1 Å². The molecular formula is C21H23ClN2O5S. The van der Waals surface area contributed by atoms with Crippen molar-refractivity contribution in [2.45, 2.75) is 13.3 Å². The number of carbonyl (C=O) groups excluding carboxylic acids is 1. The van der Waals surface area contributed by atoms with E-state index in [0.717, 1.165) is 9.87 Å². The number of hydrogen-bond acceptors (Lipinski definition) is 5. The summed E-state index contributed by atoms with van der Waals surface area (Å²) in [6.45, 7) is 1.90. The molecule has 1 aliphatic rings. The molecule has 0 saturated carbocycles. The molecule has 1 amide bonds. The molecule has 0 aliphatic carbocycles. The Bertz CT molecular complexity index is 1110. The van der Waals surface area contributed by atoms with Crippen LogP contribution in [0.3, 0.4) is 0 Å². The van der Waals surface area contributed by atoms with Gasteiger partial charge in [-0.25, -0.2) is 8.42 Å². The Morgan fingerprint density at radius 1 is 1.10 bits per heavy atom. The molecule has 0 unspecified atom stereocenters. The Morgan fingerprint density at radius 3 is 2.30 bits per heavy atom. The number of anilines is 1. The van der Waals surface area contributed by atoms with Crippen molar-refractivity contribution in [3.8, 4) is 11.5 Å². The average molecular weight is 451 g/mol. The van der Waals surface area contributed by atoms with Gasteiger partial charge in [0.25, 0.3) is 15.9 Å². The SMILES string of the molecule is COc1cc2c(cc1OC)N(C)S(=O)(=O)C(C(=O)NCCc1ccc(Cl)cc1)=C2C. The van der Waals surface area contributed by atoms with Crippen molar-refractivity contribution in [2.75, 3.05) is 32.1 Å². The van der Waals surface area contributed by atoms with E-state index in [-0.39, 0.29) is 11.4 Å². The van der Waals surface area contributed by atoms with Crippen molar-refractivity contribution in [3.63, 3.8) is 0 Å². The van der Waals surface area contributed by atoms with Crippen molar-refractivity contribution in [1.29, 1.82) is 0 Å². The van der Waals surface area contributed by atoms with Crippen LogP contribution in [0.1, 0.15) is 18.1 Å². The molecule has 0 radical (unpaired) electrons. The van der Waals surface area contributed by atoms with E-state index in [9.17, 15) is 13.2 Å². The summed E-state index contributed by atoms with van der Waals surface area (Å²) in [6, 6.07) is 10.5. The number of hydrogen-bond donors (Lipinski definition) is 1. The lowest BCUT2D eigenvalue weighted by Gasteiger charge is -2.30. The number of amides is 1. The fourth-order valence-electron chi connectivity index (χ4n) is 3.35. The third-order valence-electron chi connectivity index (χ3n) is 5.02. The van der Waals surface area contributed by atoms with E-state index in [1.165, 1.54) is 21.3 Å². The number of halogens is 1. The summed E-state index contributed by atoms with van der Waals surface area (Å²) in [6.07, 6.45) is 0.548. The number of nitrogens with one attached hydrogen (secondary N) is 1. The van der Waals surface area contributed by atoms with Gasteiger partial charge in [-0.3, -0.25) is 9.10 Å². The molecule has 7 nitrogen and oxygen atoms in total. The zero-order valence-corrected chi connectivity index (χ0v) is 18.7. The quantitative estimate of drug-likeness (QED) is 0.730. The van der Waals surface area contributed by atoms with Gasteiger partial charge in [-0.05, 0) is 42.7 Å². The number of sulfonamides is 1. The second-order valence-corrected chi connectivity index (χ2v) is 9.13. The summed E-state index contributed by atoms with van der Waals surface area (Å²) < 4.78 is 37.8. The van der Waals surface area contributed by atoms with E-state index in [0.29, 0.717) is 39.8 Å². The average Bonchev–Trinajstić information content (AvgIpc) is 2.72. The number of carbonyl (C=O) groups is 1. The zero-order valence-electron chi connectivity index (χ0n) is 17.2. The number of fused-ring (bicyclic) bond motifs is 1. The van der Waals surface area contributed by atoms with E-state index in [2.05, 4.69) is 5.32 Å². The van der Waals surface area contributed by atoms with E-state index < -0.39 is 15.9 Å². The maximum atomic E-state index is 13.1. The number of benzene rings is 2. The van der Waals surface area contributed by atoms with Crippen LogP contribution in [-0.2, 0) is 21.2 Å². The van der Waals surface area contributed by atoms with Crippen LogP contribution in [0.15, 0.2) is 41.3 Å². The lowest BCUT2D eigenvalue weighted by Crippen LogP contribution is -2.39. The van der Waals surface area contributed by atoms with Crippen LogP contribution in [-0.4, -0.2) is 42.1 Å². The molecule has 0 spiro atoms. The summed E-state index contributed by atoms with van der Waals surface area (Å²) in [5.41, 5.74) is 2.35. The highest BCUT2D eigenvalue weighted by Gasteiger charge is 2.38. The summed E-state index contributed by atoms with van der Waals surface area (Å²) in [5, 5.41) is 3.34. The highest BCUT2D eigenvalue weighted by Crippen LogP contribution is 2.44. The number of methoxy groups -OCH3 is 2. The Kier molecular flexibility index (Phi) is 6.28. The van der Waals surface area contributed by atoms with E-state index in [1.54, 1.807) is 31.2 Å². The number of rotatable bonds is 6. The first-order chi connectivity index (χ1) is 14.2. The molecule has 1 N–H and O–H groups in total. The molecule has 0 atom stereocenters. The van der Waals surface area contributed by atoms with E-state index >= 15 is 0 Å². The lowest BCUT2D eigenvalue weighted by atomic mass is 10.0. The lowest BCUT2D eigenvalue weighted by molar-refractivity contribution is -0.116. The van der Waals surface area contributed by atoms with Gasteiger partial charge in [-0.1, -0.05) is 23.7 Å². The van der Waals surface area contributed by atoms with Gasteiger partial charge in [0.2, 0.25) is 0 Å². The Labute approximate surface area is 181 Å². The highest BCUT2D eigenvalue weighted by molar-refractivity contribution is 7.97. The fourth-order valence-corrected chi connectivity index (χ4v) is 4.96. The molecule has 0 saturated heterocycles. The van der Waals surface area contributed by atoms with Crippen LogP contribution in [0.25, 0.3) is 5.57 Å². The predicted octanol–water partition coefficient (Wildman–Crippen LogP) is 3.23. The molecule has 1 aliphatic heterocycles. The molecule has 2 aromatic rings. The highest BCUT2D eigenvalue weighted by atomic mass is 35.5. The maximum Gasteiger partial charge on any atom is 0.269 e. The predicted molar refractivity (Wildman–Crippen MR) is 118 cm³/mol. The molecule has 30 heavy (non-hydrogen) atoms. The fraction of sp³-hybridized carbons (Fsp3) is 0.286. The molecular weight excluding hydrogens is 428 g/mol. The summed E-state index contributed by atoms with van der Waals surface area (Å²) >= 11 is 5.88. The number of ether oxygens (including phenoxy) is 2. The van der Waals surface area contributed by atoms with Gasteiger partial charge >= 0.3 is 0 Å². The Balaban J connectivity index is 1.92. The van der Waals surface area contributed by atoms with Gasteiger partial charge in [-0.2, -0.15) is 0 Å². The van der Waals surface area contributed by atoms with Crippen molar-refractivity contribution in [2.24, 2.45) is 0 Å². The van der Waals surface area contributed by atoms with Gasteiger partial charge in [0.1, 0.15) is 0 Å². The minimum absolute atomic E-state index is 0.277. The number of allylic oxidation sites excluding steroid dienone is 1. The second-order valence-electron chi connectivity index (χ2n) is 6.78. The molecule has 2 aromatic carbocycles. The molecule has 160 valence electrons. The van der Waals surface area contributed by atoms with Crippen LogP contribution in [0, 0.1) is 0 Å². The van der Waals surface area contributed by atoms with Gasteiger partial charge in [-0.15, -0.1) is 0 Å². The Hall–Kier alpha value is -2.71. The van der Waals surface area contributed by atoms with Crippen LogP contribution < -0.4 is 19.1 Å². The third kappa shape index (κ3) is 3.97. The first-order valence-corrected chi connectivity index (χ1v) is 11.0. The molecule has 0 aromatic heterocycles. The monoisotopic (exact) mass is 450 g/mol. The minimum Gasteiger partial charge on any atom is -0.493 e. The smallest absolute Gasteiger partial charge is 0.269 e. The second kappa shape index (κ2) is 8.57. The van der Waals surface area contributed by atoms with Gasteiger partial charge in [0, 0.05) is 30.2 Å². The van der Waals surface area contributed by atoms with Crippen molar-refractivity contribution >= 4 is 38.8 Å². The summed E-state index contributed by atoms with van der Waals surface area (Å²) in [5.74, 6) is 0.210. The minimum atomic E-state index is -4.02. The molecule has 1 heterocycles. The molecule has 9 heteroatoms. The third-order valence-corrected chi connectivity index (χ3v) is 7.20. The summed E-state index contributed by atoms with van der Waals surface area (Å²) in [7, 11) is 0.361. The van der Waals surface area contributed by atoms with Crippen LogP contribution in [0.4, 0.5) is 5.69 Å². The normalized spacial score (nSPS) is 14.9. The Morgan fingerprint density at radius 2 is 1.70 bits per heavy atom. The number of nitrogens with zero attached hydrogens (tertiary/aromatic N) is 1. The first-order valence-electron chi connectivity index (χ1n) is 9.19. The van der Waals surface area contributed by atoms with Gasteiger partial charge in [0.15, 0.2) is 16.4 Å². The first kappa shape index (κ1) is 22.0. The van der Waals surface area contributed by atoms with Crippen molar-refractivity contribution < 1.29 is 22.7 Å². The zero-order chi connectivity index (χ0) is 22.1. The summed E-state index contributed by atoms with van der Waals surface area (Å²) in [4.78, 5) is 12.6. The van der Waals surface area contributed by atoms with Crippen LogP contribution >= 0.6 is 11.6 Å². The van der Waals surface area contributed by atoms with Crippen molar-refractivity contribution in [3.05, 3.63) is 57.5 Å². The standard InChI is InChI=1S/C21H23ClN2O5S/c1-13-16-11-18(28-3)19(29-4)12-17(16)24(2)30(26,27)20(13)21(25)23-10-9-14-5-7-15(22)8-6-14/h5-8,11-12H,9-10H2,1-4H3,(H,23,25). The molecule has 3 rings (SSSR count).